The van der Waals surface area contributed by atoms with Gasteiger partial charge in [0.15, 0.2) is 0 Å². The van der Waals surface area contributed by atoms with E-state index in [-0.39, 0.29) is 0 Å². The summed E-state index contributed by atoms with van der Waals surface area (Å²) in [6, 6.07) is 75.1. The molecule has 8 aromatic carbocycles. The summed E-state index contributed by atoms with van der Waals surface area (Å²) in [5.74, 6) is 0. The molecule has 2 nitrogen and oxygen atoms in total. The smallest absolute Gasteiger partial charge is 0.0727 e. The molecule has 0 saturated heterocycles. The topological polar surface area (TPSA) is 6.48 Å². The van der Waals surface area contributed by atoms with E-state index in [0.717, 1.165) is 28.4 Å². The van der Waals surface area contributed by atoms with Crippen molar-refractivity contribution in [3.8, 4) is 22.3 Å². The normalized spacial score (nSPS) is 14.7. The van der Waals surface area contributed by atoms with E-state index >= 15 is 0 Å². The Hall–Kier alpha value is -6.64. The molecule has 0 aromatic heterocycles. The van der Waals surface area contributed by atoms with Gasteiger partial charge < -0.3 is 9.80 Å². The van der Waals surface area contributed by atoms with E-state index < -0.39 is 5.41 Å². The number of rotatable bonds is 6. The number of anilines is 6. The van der Waals surface area contributed by atoms with E-state index in [0.29, 0.717) is 0 Å². The Kier molecular flexibility index (Phi) is 6.75. The van der Waals surface area contributed by atoms with E-state index in [9.17, 15) is 0 Å². The lowest BCUT2D eigenvalue weighted by Gasteiger charge is -2.33. The van der Waals surface area contributed by atoms with Crippen LogP contribution in [0.25, 0.3) is 22.3 Å². The van der Waals surface area contributed by atoms with Crippen molar-refractivity contribution in [3.05, 3.63) is 229 Å². The minimum absolute atomic E-state index is 0.498. The molecule has 0 N–H and O–H groups in total. The fourth-order valence-electron chi connectivity index (χ4n) is 8.66. The molecular weight excluding hydrogens is 617 g/mol. The minimum atomic E-state index is -0.498. The molecule has 2 aliphatic rings. The van der Waals surface area contributed by atoms with Crippen LogP contribution in [0.3, 0.4) is 0 Å². The van der Waals surface area contributed by atoms with Crippen LogP contribution in [0.5, 0.6) is 0 Å². The summed E-state index contributed by atoms with van der Waals surface area (Å²) in [5, 5.41) is 0. The van der Waals surface area contributed by atoms with Crippen molar-refractivity contribution < 1.29 is 0 Å². The van der Waals surface area contributed by atoms with Crippen molar-refractivity contribution in [2.45, 2.75) is 5.41 Å². The van der Waals surface area contributed by atoms with Crippen LogP contribution in [-0.2, 0) is 5.41 Å². The molecule has 1 unspecified atom stereocenters. The number of fused-ring (bicyclic) bond motifs is 10. The van der Waals surface area contributed by atoms with Gasteiger partial charge in [-0.05, 0) is 106 Å². The number of nitrogens with zero attached hydrogens (tertiary/aromatic N) is 2. The summed E-state index contributed by atoms with van der Waals surface area (Å²) in [6.07, 6.45) is 0. The molecule has 0 amide bonds. The number of benzene rings is 8. The summed E-state index contributed by atoms with van der Waals surface area (Å²) in [5.41, 5.74) is 16.7. The van der Waals surface area contributed by atoms with Crippen LogP contribution in [0.1, 0.15) is 22.3 Å². The van der Waals surface area contributed by atoms with Crippen LogP contribution in [-0.4, -0.2) is 0 Å². The first-order valence-corrected chi connectivity index (χ1v) is 17.6. The van der Waals surface area contributed by atoms with E-state index in [4.69, 9.17) is 0 Å². The van der Waals surface area contributed by atoms with Crippen molar-refractivity contribution in [2.75, 3.05) is 9.80 Å². The highest BCUT2D eigenvalue weighted by atomic mass is 15.1. The van der Waals surface area contributed by atoms with Gasteiger partial charge in [-0.25, -0.2) is 0 Å². The molecule has 1 spiro atoms. The van der Waals surface area contributed by atoms with E-state index in [1.165, 1.54) is 50.2 Å². The van der Waals surface area contributed by atoms with Crippen LogP contribution in [0.15, 0.2) is 206 Å². The van der Waals surface area contributed by atoms with Gasteiger partial charge >= 0.3 is 0 Å². The molecule has 2 aliphatic carbocycles. The molecule has 51 heavy (non-hydrogen) atoms. The van der Waals surface area contributed by atoms with Gasteiger partial charge in [0.1, 0.15) is 0 Å². The SMILES string of the molecule is c1ccc(N(c2ccccc2)c2ccc3c(c2)C2(c4ccccc4-3)c3ccccc3-c3c(N(c4ccccc4)c4ccccc4)cccc32)cc1. The maximum atomic E-state index is 2.46. The van der Waals surface area contributed by atoms with Crippen LogP contribution in [0.4, 0.5) is 34.1 Å². The predicted molar refractivity (Wildman–Crippen MR) is 212 cm³/mol. The third-order valence-corrected chi connectivity index (χ3v) is 10.6. The largest absolute Gasteiger partial charge is 0.310 e. The zero-order valence-corrected chi connectivity index (χ0v) is 28.0. The third-order valence-electron chi connectivity index (χ3n) is 10.6. The molecule has 0 radical (unpaired) electrons. The lowest BCUT2D eigenvalue weighted by molar-refractivity contribution is 0.793. The zero-order chi connectivity index (χ0) is 33.8. The lowest BCUT2D eigenvalue weighted by atomic mass is 9.70. The van der Waals surface area contributed by atoms with Crippen LogP contribution < -0.4 is 9.80 Å². The van der Waals surface area contributed by atoms with Crippen molar-refractivity contribution in [1.29, 1.82) is 0 Å². The van der Waals surface area contributed by atoms with Crippen molar-refractivity contribution in [2.24, 2.45) is 0 Å². The Morgan fingerprint density at radius 2 is 0.706 bits per heavy atom. The average molecular weight is 651 g/mol. The molecule has 0 aliphatic heterocycles. The fourth-order valence-corrected chi connectivity index (χ4v) is 8.66. The van der Waals surface area contributed by atoms with Gasteiger partial charge in [0, 0.05) is 34.0 Å². The van der Waals surface area contributed by atoms with Gasteiger partial charge in [-0.1, -0.05) is 140 Å². The molecule has 0 saturated carbocycles. The minimum Gasteiger partial charge on any atom is -0.310 e. The van der Waals surface area contributed by atoms with Gasteiger partial charge in [0.2, 0.25) is 0 Å². The van der Waals surface area contributed by atoms with Crippen molar-refractivity contribution in [1.82, 2.24) is 0 Å². The molecule has 2 heteroatoms. The van der Waals surface area contributed by atoms with E-state index in [1.54, 1.807) is 0 Å². The van der Waals surface area contributed by atoms with Gasteiger partial charge in [-0.15, -0.1) is 0 Å². The van der Waals surface area contributed by atoms with Crippen LogP contribution >= 0.6 is 0 Å². The van der Waals surface area contributed by atoms with Gasteiger partial charge in [-0.3, -0.25) is 0 Å². The predicted octanol–water partition coefficient (Wildman–Crippen LogP) is 13.0. The first-order valence-electron chi connectivity index (χ1n) is 17.6. The standard InChI is InChI=1S/C49H34N2/c1-5-18-35(19-6-1)50(36-20-7-2-8-21-36)39-32-33-41-40-26-13-15-28-43(40)49(46(41)34-39)44-29-16-14-27-42(44)48-45(49)30-17-31-47(48)51(37-22-9-3-10-23-37)38-24-11-4-12-25-38/h1-34H. The Bertz CT molecular complexity index is 2440. The Morgan fingerprint density at radius 3 is 1.27 bits per heavy atom. The molecule has 1 atom stereocenters. The van der Waals surface area contributed by atoms with Gasteiger partial charge in [0.05, 0.1) is 11.1 Å². The van der Waals surface area contributed by atoms with Gasteiger partial charge in [-0.2, -0.15) is 0 Å². The highest BCUT2D eigenvalue weighted by Gasteiger charge is 2.52. The first-order chi connectivity index (χ1) is 25.3. The lowest BCUT2D eigenvalue weighted by Crippen LogP contribution is -2.26. The number of hydrogen-bond acceptors (Lipinski definition) is 2. The van der Waals surface area contributed by atoms with E-state index in [2.05, 4.69) is 216 Å². The third kappa shape index (κ3) is 4.36. The molecule has 240 valence electrons. The van der Waals surface area contributed by atoms with Crippen molar-refractivity contribution in [3.63, 3.8) is 0 Å². The summed E-state index contributed by atoms with van der Waals surface area (Å²) < 4.78 is 0. The van der Waals surface area contributed by atoms with Gasteiger partial charge in [0.25, 0.3) is 0 Å². The Balaban J connectivity index is 1.28. The summed E-state index contributed by atoms with van der Waals surface area (Å²) in [7, 11) is 0. The van der Waals surface area contributed by atoms with Crippen LogP contribution in [0.2, 0.25) is 0 Å². The molecule has 0 fully saturated rings. The maximum absolute atomic E-state index is 2.46. The summed E-state index contributed by atoms with van der Waals surface area (Å²) >= 11 is 0. The summed E-state index contributed by atoms with van der Waals surface area (Å²) in [4.78, 5) is 4.79. The molecular formula is C49H34N2. The van der Waals surface area contributed by atoms with E-state index in [1.807, 2.05) is 0 Å². The second-order valence-electron chi connectivity index (χ2n) is 13.3. The Labute approximate surface area is 299 Å². The second-order valence-corrected chi connectivity index (χ2v) is 13.3. The van der Waals surface area contributed by atoms with Crippen LogP contribution in [0, 0.1) is 0 Å². The molecule has 8 aromatic rings. The molecule has 0 heterocycles. The Morgan fingerprint density at radius 1 is 0.275 bits per heavy atom. The number of hydrogen-bond donors (Lipinski definition) is 0. The maximum Gasteiger partial charge on any atom is 0.0727 e. The quantitative estimate of drug-likeness (QED) is 0.177. The fraction of sp³-hybridized carbons (Fsp3) is 0.0204. The summed E-state index contributed by atoms with van der Waals surface area (Å²) in [6.45, 7) is 0. The highest BCUT2D eigenvalue weighted by molar-refractivity contribution is 6.01. The molecule has 0 bridgehead atoms. The zero-order valence-electron chi connectivity index (χ0n) is 28.0. The number of para-hydroxylation sites is 4. The first kappa shape index (κ1) is 29.3. The average Bonchev–Trinajstić information content (AvgIpc) is 3.67. The monoisotopic (exact) mass is 650 g/mol. The second kappa shape index (κ2) is 11.8. The molecule has 10 rings (SSSR count). The highest BCUT2D eigenvalue weighted by Crippen LogP contribution is 2.65. The van der Waals surface area contributed by atoms with Crippen molar-refractivity contribution >= 4 is 34.1 Å².